The monoisotopic (exact) mass is 391 g/mol. The maximum absolute atomic E-state index is 14.4. The van der Waals surface area contributed by atoms with Crippen molar-refractivity contribution >= 4 is 11.8 Å². The van der Waals surface area contributed by atoms with Gasteiger partial charge in [0.15, 0.2) is 11.0 Å². The maximum atomic E-state index is 14.4. The Kier molecular flexibility index (Phi) is 5.39. The fourth-order valence-electron chi connectivity index (χ4n) is 2.87. The van der Waals surface area contributed by atoms with Crippen LogP contribution in [0.4, 0.5) is 4.39 Å². The number of benzene rings is 3. The van der Waals surface area contributed by atoms with E-state index in [0.717, 1.165) is 17.2 Å². The summed E-state index contributed by atoms with van der Waals surface area (Å²) in [6, 6.07) is 24.3. The summed E-state index contributed by atoms with van der Waals surface area (Å²) in [5.41, 5.74) is 2.45. The van der Waals surface area contributed by atoms with Crippen LogP contribution in [-0.4, -0.2) is 21.9 Å². The molecule has 0 spiro atoms. The predicted molar refractivity (Wildman–Crippen MR) is 109 cm³/mol. The molecule has 0 saturated heterocycles. The molecule has 3 aromatic carbocycles. The third kappa shape index (κ3) is 3.77. The van der Waals surface area contributed by atoms with E-state index < -0.39 is 0 Å². The first kappa shape index (κ1) is 18.3. The van der Waals surface area contributed by atoms with Gasteiger partial charge in [-0.1, -0.05) is 54.2 Å². The molecule has 28 heavy (non-hydrogen) atoms. The minimum Gasteiger partial charge on any atom is -0.497 e. The molecule has 4 aromatic rings. The summed E-state index contributed by atoms with van der Waals surface area (Å²) in [6.07, 6.45) is 0. The smallest absolute Gasteiger partial charge is 0.196 e. The Morgan fingerprint density at radius 2 is 1.61 bits per heavy atom. The second-order valence-electron chi connectivity index (χ2n) is 6.09. The molecule has 0 bridgehead atoms. The van der Waals surface area contributed by atoms with Crippen molar-refractivity contribution < 1.29 is 9.13 Å². The number of thioether (sulfide) groups is 1. The van der Waals surface area contributed by atoms with E-state index in [9.17, 15) is 4.39 Å². The number of nitrogens with zero attached hydrogens (tertiary/aromatic N) is 3. The summed E-state index contributed by atoms with van der Waals surface area (Å²) in [7, 11) is 1.62. The molecule has 6 heteroatoms. The molecule has 0 fully saturated rings. The van der Waals surface area contributed by atoms with Crippen LogP contribution in [0.5, 0.6) is 5.75 Å². The lowest BCUT2D eigenvalue weighted by Crippen LogP contribution is -2.01. The first-order valence-corrected chi connectivity index (χ1v) is 9.76. The number of hydrogen-bond acceptors (Lipinski definition) is 4. The molecule has 0 N–H and O–H groups in total. The van der Waals surface area contributed by atoms with Crippen LogP contribution in [0.15, 0.2) is 84.0 Å². The van der Waals surface area contributed by atoms with Gasteiger partial charge in [0.1, 0.15) is 11.6 Å². The van der Waals surface area contributed by atoms with Crippen LogP contribution in [0.3, 0.4) is 0 Å². The van der Waals surface area contributed by atoms with Crippen molar-refractivity contribution in [2.45, 2.75) is 10.9 Å². The molecular weight excluding hydrogens is 373 g/mol. The molecule has 0 aliphatic rings. The Morgan fingerprint density at radius 1 is 0.893 bits per heavy atom. The van der Waals surface area contributed by atoms with E-state index in [4.69, 9.17) is 4.74 Å². The Morgan fingerprint density at radius 3 is 2.32 bits per heavy atom. The van der Waals surface area contributed by atoms with Crippen molar-refractivity contribution in [3.05, 3.63) is 90.2 Å². The van der Waals surface area contributed by atoms with Gasteiger partial charge in [-0.3, -0.25) is 4.57 Å². The molecule has 1 aromatic heterocycles. The summed E-state index contributed by atoms with van der Waals surface area (Å²) in [5, 5.41) is 9.35. The summed E-state index contributed by atoms with van der Waals surface area (Å²) in [6.45, 7) is 0. The minimum atomic E-state index is -0.329. The molecule has 0 radical (unpaired) electrons. The minimum absolute atomic E-state index is 0.329. The number of ether oxygens (including phenoxy) is 1. The lowest BCUT2D eigenvalue weighted by molar-refractivity contribution is 0.414. The van der Waals surface area contributed by atoms with Gasteiger partial charge >= 0.3 is 0 Å². The molecule has 0 aliphatic heterocycles. The van der Waals surface area contributed by atoms with Gasteiger partial charge in [-0.25, -0.2) is 4.39 Å². The molecule has 0 unspecified atom stereocenters. The van der Waals surface area contributed by atoms with Crippen molar-refractivity contribution in [3.63, 3.8) is 0 Å². The second-order valence-corrected chi connectivity index (χ2v) is 7.04. The first-order chi connectivity index (χ1) is 13.8. The second kappa shape index (κ2) is 8.27. The van der Waals surface area contributed by atoms with Crippen LogP contribution in [0.25, 0.3) is 17.1 Å². The van der Waals surface area contributed by atoms with E-state index in [-0.39, 0.29) is 5.82 Å². The normalized spacial score (nSPS) is 10.8. The van der Waals surface area contributed by atoms with Crippen LogP contribution < -0.4 is 4.74 Å². The standard InChI is InChI=1S/C22H18FN3OS/c1-27-18-13-11-17(12-14-18)26-21(19-9-5-6-10-20(19)23)24-25-22(26)28-15-16-7-3-2-4-8-16/h2-14H,15H2,1H3. The van der Waals surface area contributed by atoms with Gasteiger partial charge < -0.3 is 4.74 Å². The van der Waals surface area contributed by atoms with E-state index in [2.05, 4.69) is 22.3 Å². The molecule has 0 atom stereocenters. The fraction of sp³-hybridized carbons (Fsp3) is 0.0909. The predicted octanol–water partition coefficient (Wildman–Crippen LogP) is 5.37. The van der Waals surface area contributed by atoms with Crippen molar-refractivity contribution in [1.82, 2.24) is 14.8 Å². The zero-order valence-corrected chi connectivity index (χ0v) is 16.1. The van der Waals surface area contributed by atoms with Gasteiger partial charge in [0.05, 0.1) is 18.4 Å². The molecule has 140 valence electrons. The number of hydrogen-bond donors (Lipinski definition) is 0. The van der Waals surface area contributed by atoms with Crippen LogP contribution in [0, 0.1) is 5.82 Å². The highest BCUT2D eigenvalue weighted by Gasteiger charge is 2.18. The third-order valence-corrected chi connectivity index (χ3v) is 5.29. The summed E-state index contributed by atoms with van der Waals surface area (Å²) >= 11 is 1.56. The topological polar surface area (TPSA) is 39.9 Å². The number of rotatable bonds is 6. The molecule has 4 rings (SSSR count). The lowest BCUT2D eigenvalue weighted by Gasteiger charge is -2.11. The molecule has 0 aliphatic carbocycles. The van der Waals surface area contributed by atoms with Crippen molar-refractivity contribution in [1.29, 1.82) is 0 Å². The van der Waals surface area contributed by atoms with Crippen LogP contribution >= 0.6 is 11.8 Å². The van der Waals surface area contributed by atoms with Gasteiger partial charge in [-0.2, -0.15) is 0 Å². The molecule has 4 nitrogen and oxygen atoms in total. The van der Waals surface area contributed by atoms with Crippen LogP contribution in [0.1, 0.15) is 5.56 Å². The number of methoxy groups -OCH3 is 1. The van der Waals surface area contributed by atoms with Crippen molar-refractivity contribution in [2.75, 3.05) is 7.11 Å². The highest BCUT2D eigenvalue weighted by atomic mass is 32.2. The van der Waals surface area contributed by atoms with E-state index in [1.54, 1.807) is 37.1 Å². The van der Waals surface area contributed by atoms with E-state index in [1.165, 1.54) is 11.6 Å². The van der Waals surface area contributed by atoms with Gasteiger partial charge in [0.25, 0.3) is 0 Å². The van der Waals surface area contributed by atoms with Crippen LogP contribution in [0.2, 0.25) is 0 Å². The summed E-state index contributed by atoms with van der Waals surface area (Å²) < 4.78 is 21.6. The van der Waals surface area contributed by atoms with E-state index in [0.29, 0.717) is 16.5 Å². The highest BCUT2D eigenvalue weighted by Crippen LogP contribution is 2.31. The van der Waals surface area contributed by atoms with E-state index in [1.807, 2.05) is 47.0 Å². The Labute approximate surface area is 167 Å². The van der Waals surface area contributed by atoms with Gasteiger partial charge in [0, 0.05) is 5.75 Å². The molecule has 1 heterocycles. The van der Waals surface area contributed by atoms with Gasteiger partial charge in [-0.15, -0.1) is 10.2 Å². The number of aromatic nitrogens is 3. The zero-order valence-electron chi connectivity index (χ0n) is 15.2. The Bertz CT molecular complexity index is 1060. The first-order valence-electron chi connectivity index (χ1n) is 8.78. The van der Waals surface area contributed by atoms with Crippen molar-refractivity contribution in [2.24, 2.45) is 0 Å². The average Bonchev–Trinajstić information content (AvgIpc) is 3.17. The van der Waals surface area contributed by atoms with Crippen LogP contribution in [-0.2, 0) is 5.75 Å². The Balaban J connectivity index is 1.76. The lowest BCUT2D eigenvalue weighted by atomic mass is 10.2. The van der Waals surface area contributed by atoms with E-state index >= 15 is 0 Å². The fourth-order valence-corrected chi connectivity index (χ4v) is 3.77. The summed E-state index contributed by atoms with van der Waals surface area (Å²) in [4.78, 5) is 0. The maximum Gasteiger partial charge on any atom is 0.196 e. The zero-order chi connectivity index (χ0) is 19.3. The quantitative estimate of drug-likeness (QED) is 0.414. The number of halogens is 1. The molecule has 0 saturated carbocycles. The Hall–Kier alpha value is -3.12. The van der Waals surface area contributed by atoms with Gasteiger partial charge in [0.2, 0.25) is 0 Å². The third-order valence-electron chi connectivity index (χ3n) is 4.29. The van der Waals surface area contributed by atoms with Gasteiger partial charge in [-0.05, 0) is 42.0 Å². The largest absolute Gasteiger partial charge is 0.497 e. The average molecular weight is 391 g/mol. The molecular formula is C22H18FN3OS. The highest BCUT2D eigenvalue weighted by molar-refractivity contribution is 7.98. The molecule has 0 amide bonds. The van der Waals surface area contributed by atoms with Crippen molar-refractivity contribution in [3.8, 4) is 22.8 Å². The SMILES string of the molecule is COc1ccc(-n2c(SCc3ccccc3)nnc2-c2ccccc2F)cc1. The summed E-state index contributed by atoms with van der Waals surface area (Å²) in [5.74, 6) is 1.64.